The van der Waals surface area contributed by atoms with Crippen LogP contribution in [0.25, 0.3) is 10.2 Å². The Balaban J connectivity index is 1.87. The summed E-state index contributed by atoms with van der Waals surface area (Å²) in [5.74, 6) is 6.89. The predicted octanol–water partition coefficient (Wildman–Crippen LogP) is 0.543. The molecule has 0 aliphatic carbocycles. The monoisotopic (exact) mass is 265 g/mol. The fourth-order valence-electron chi connectivity index (χ4n) is 2.24. The molecule has 1 aliphatic rings. The van der Waals surface area contributed by atoms with Gasteiger partial charge in [0, 0.05) is 13.1 Å². The molecule has 1 unspecified atom stereocenters. The minimum atomic E-state index is -0.220. The highest BCUT2D eigenvalue weighted by Gasteiger charge is 2.21. The summed E-state index contributed by atoms with van der Waals surface area (Å²) in [7, 11) is 0. The van der Waals surface area contributed by atoms with E-state index in [-0.39, 0.29) is 6.10 Å². The summed E-state index contributed by atoms with van der Waals surface area (Å²) in [5, 5.41) is 12.4. The minimum absolute atomic E-state index is 0.220. The van der Waals surface area contributed by atoms with E-state index < -0.39 is 0 Å². The fourth-order valence-corrected chi connectivity index (χ4v) is 3.02. The largest absolute Gasteiger partial charge is 0.392 e. The van der Waals surface area contributed by atoms with Gasteiger partial charge in [-0.05, 0) is 17.9 Å². The van der Waals surface area contributed by atoms with E-state index in [9.17, 15) is 5.11 Å². The molecule has 6 nitrogen and oxygen atoms in total. The van der Waals surface area contributed by atoms with E-state index in [0.29, 0.717) is 18.9 Å². The predicted molar refractivity (Wildman–Crippen MR) is 71.1 cm³/mol. The summed E-state index contributed by atoms with van der Waals surface area (Å²) in [6.45, 7) is 2.23. The van der Waals surface area contributed by atoms with Gasteiger partial charge >= 0.3 is 0 Å². The SMILES string of the molecule is NNc1nc(CN2CCC(O)C2)nc2sccc12. The number of anilines is 1. The Morgan fingerprint density at radius 2 is 2.44 bits per heavy atom. The van der Waals surface area contributed by atoms with Gasteiger partial charge in [-0.2, -0.15) is 0 Å². The van der Waals surface area contributed by atoms with Crippen molar-refractivity contribution in [2.75, 3.05) is 18.5 Å². The van der Waals surface area contributed by atoms with Crippen molar-refractivity contribution in [2.24, 2.45) is 5.84 Å². The number of aromatic nitrogens is 2. The average Bonchev–Trinajstić information content (AvgIpc) is 2.97. The summed E-state index contributed by atoms with van der Waals surface area (Å²) in [6, 6.07) is 1.96. The van der Waals surface area contributed by atoms with Gasteiger partial charge in [0.2, 0.25) is 0 Å². The average molecular weight is 265 g/mol. The molecule has 0 aromatic carbocycles. The van der Waals surface area contributed by atoms with Crippen LogP contribution in [-0.4, -0.2) is 39.2 Å². The molecule has 18 heavy (non-hydrogen) atoms. The molecule has 0 spiro atoms. The molecular weight excluding hydrogens is 250 g/mol. The first kappa shape index (κ1) is 11.8. The lowest BCUT2D eigenvalue weighted by atomic mass is 10.3. The number of aliphatic hydroxyl groups is 1. The highest BCUT2D eigenvalue weighted by molar-refractivity contribution is 7.16. The zero-order valence-electron chi connectivity index (χ0n) is 9.83. The van der Waals surface area contributed by atoms with E-state index in [1.165, 1.54) is 0 Å². The van der Waals surface area contributed by atoms with Crippen LogP contribution in [0.2, 0.25) is 0 Å². The van der Waals surface area contributed by atoms with Gasteiger partial charge in [0.15, 0.2) is 5.82 Å². The van der Waals surface area contributed by atoms with Crippen molar-refractivity contribution >= 4 is 27.4 Å². The number of aliphatic hydroxyl groups excluding tert-OH is 1. The van der Waals surface area contributed by atoms with E-state index in [2.05, 4.69) is 20.3 Å². The number of fused-ring (bicyclic) bond motifs is 1. The molecule has 2 aromatic rings. The van der Waals surface area contributed by atoms with Gasteiger partial charge in [0.05, 0.1) is 18.0 Å². The van der Waals surface area contributed by atoms with Crippen molar-refractivity contribution in [3.05, 3.63) is 17.3 Å². The number of nitrogen functional groups attached to an aromatic ring is 1. The minimum Gasteiger partial charge on any atom is -0.392 e. The highest BCUT2D eigenvalue weighted by Crippen LogP contribution is 2.25. The van der Waals surface area contributed by atoms with Crippen LogP contribution in [-0.2, 0) is 6.54 Å². The smallest absolute Gasteiger partial charge is 0.152 e. The molecule has 1 aliphatic heterocycles. The molecule has 4 N–H and O–H groups in total. The summed E-state index contributed by atoms with van der Waals surface area (Å²) in [6.07, 6.45) is 0.603. The molecule has 2 aromatic heterocycles. The van der Waals surface area contributed by atoms with Crippen molar-refractivity contribution < 1.29 is 5.11 Å². The molecular formula is C11H15N5OS. The third-order valence-electron chi connectivity index (χ3n) is 3.12. The van der Waals surface area contributed by atoms with Crippen molar-refractivity contribution in [3.63, 3.8) is 0 Å². The van der Waals surface area contributed by atoms with Crippen LogP contribution in [0.4, 0.5) is 5.82 Å². The normalized spacial score (nSPS) is 20.7. The molecule has 1 saturated heterocycles. The van der Waals surface area contributed by atoms with Gasteiger partial charge in [-0.25, -0.2) is 15.8 Å². The number of hydrogen-bond acceptors (Lipinski definition) is 7. The van der Waals surface area contributed by atoms with Gasteiger partial charge in [0.1, 0.15) is 10.7 Å². The highest BCUT2D eigenvalue weighted by atomic mass is 32.1. The molecule has 0 bridgehead atoms. The lowest BCUT2D eigenvalue weighted by molar-refractivity contribution is 0.174. The van der Waals surface area contributed by atoms with Crippen LogP contribution in [0.1, 0.15) is 12.2 Å². The first-order valence-electron chi connectivity index (χ1n) is 5.87. The van der Waals surface area contributed by atoms with Crippen molar-refractivity contribution in [1.82, 2.24) is 14.9 Å². The second kappa shape index (κ2) is 4.77. The molecule has 1 atom stereocenters. The maximum absolute atomic E-state index is 9.50. The van der Waals surface area contributed by atoms with Crippen LogP contribution in [0, 0.1) is 0 Å². The Morgan fingerprint density at radius 1 is 1.56 bits per heavy atom. The molecule has 0 amide bonds. The van der Waals surface area contributed by atoms with Crippen LogP contribution in [0.3, 0.4) is 0 Å². The number of β-amino-alcohol motifs (C(OH)–C–C–N with tert-alkyl or cyclic N) is 1. The Labute approximate surface area is 108 Å². The quantitative estimate of drug-likeness (QED) is 0.555. The third-order valence-corrected chi connectivity index (χ3v) is 3.93. The van der Waals surface area contributed by atoms with Crippen molar-refractivity contribution in [2.45, 2.75) is 19.1 Å². The number of nitrogens with zero attached hydrogens (tertiary/aromatic N) is 3. The lowest BCUT2D eigenvalue weighted by Crippen LogP contribution is -2.23. The summed E-state index contributed by atoms with van der Waals surface area (Å²) >= 11 is 1.57. The van der Waals surface area contributed by atoms with Gasteiger partial charge in [-0.1, -0.05) is 0 Å². The maximum atomic E-state index is 9.50. The molecule has 7 heteroatoms. The Hall–Kier alpha value is -1.28. The number of rotatable bonds is 3. The van der Waals surface area contributed by atoms with Crippen LogP contribution >= 0.6 is 11.3 Å². The summed E-state index contributed by atoms with van der Waals surface area (Å²) < 4.78 is 0. The first-order chi connectivity index (χ1) is 8.76. The van der Waals surface area contributed by atoms with Crippen molar-refractivity contribution in [3.8, 4) is 0 Å². The number of nitrogens with one attached hydrogen (secondary N) is 1. The Bertz CT molecular complexity index is 557. The van der Waals surface area contributed by atoms with Crippen LogP contribution in [0.5, 0.6) is 0 Å². The second-order valence-corrected chi connectivity index (χ2v) is 5.34. The van der Waals surface area contributed by atoms with Crippen molar-refractivity contribution in [1.29, 1.82) is 0 Å². The number of thiophene rings is 1. The molecule has 0 radical (unpaired) electrons. The summed E-state index contributed by atoms with van der Waals surface area (Å²) in [4.78, 5) is 12.0. The van der Waals surface area contributed by atoms with Gasteiger partial charge in [-0.15, -0.1) is 11.3 Å². The molecule has 96 valence electrons. The molecule has 1 fully saturated rings. The topological polar surface area (TPSA) is 87.3 Å². The first-order valence-corrected chi connectivity index (χ1v) is 6.75. The van der Waals surface area contributed by atoms with Gasteiger partial charge in [0.25, 0.3) is 0 Å². The third kappa shape index (κ3) is 2.17. The number of nitrogens with two attached hydrogens (primary N) is 1. The summed E-state index contributed by atoms with van der Waals surface area (Å²) in [5.41, 5.74) is 2.62. The molecule has 0 saturated carbocycles. The Morgan fingerprint density at radius 3 is 3.17 bits per heavy atom. The van der Waals surface area contributed by atoms with Gasteiger partial charge in [-0.3, -0.25) is 4.90 Å². The second-order valence-electron chi connectivity index (χ2n) is 4.45. The van der Waals surface area contributed by atoms with E-state index >= 15 is 0 Å². The number of hydrogen-bond donors (Lipinski definition) is 3. The van der Waals surface area contributed by atoms with E-state index in [0.717, 1.165) is 29.0 Å². The fraction of sp³-hybridized carbons (Fsp3) is 0.455. The zero-order valence-corrected chi connectivity index (χ0v) is 10.7. The molecule has 3 rings (SSSR count). The standard InChI is InChI=1S/C11H15N5OS/c12-15-10-8-2-4-18-11(8)14-9(13-10)6-16-3-1-7(17)5-16/h2,4,7,17H,1,3,5-6,12H2,(H,13,14,15). The number of hydrazine groups is 1. The number of likely N-dealkylation sites (tertiary alicyclic amines) is 1. The lowest BCUT2D eigenvalue weighted by Gasteiger charge is -2.14. The van der Waals surface area contributed by atoms with E-state index in [4.69, 9.17) is 5.84 Å². The Kier molecular flexibility index (Phi) is 3.13. The van der Waals surface area contributed by atoms with E-state index in [1.54, 1.807) is 11.3 Å². The van der Waals surface area contributed by atoms with Crippen LogP contribution in [0.15, 0.2) is 11.4 Å². The zero-order chi connectivity index (χ0) is 12.5. The maximum Gasteiger partial charge on any atom is 0.152 e. The molecule has 3 heterocycles. The van der Waals surface area contributed by atoms with Crippen LogP contribution < -0.4 is 11.3 Å². The van der Waals surface area contributed by atoms with Gasteiger partial charge < -0.3 is 10.5 Å². The van der Waals surface area contributed by atoms with E-state index in [1.807, 2.05) is 11.4 Å².